The van der Waals surface area contributed by atoms with Gasteiger partial charge in [0, 0.05) is 12.1 Å². The molecule has 0 aliphatic carbocycles. The molecule has 0 N–H and O–H groups in total. The molecule has 0 fully saturated rings. The molecule has 1 aromatic heterocycles. The van der Waals surface area contributed by atoms with E-state index in [1.54, 1.807) is 0 Å². The fourth-order valence-electron chi connectivity index (χ4n) is 0.850. The number of nitriles is 1. The van der Waals surface area contributed by atoms with E-state index >= 15 is 0 Å². The van der Waals surface area contributed by atoms with Gasteiger partial charge in [-0.15, -0.1) is 11.6 Å². The van der Waals surface area contributed by atoms with Crippen LogP contribution in [0.25, 0.3) is 0 Å². The van der Waals surface area contributed by atoms with Gasteiger partial charge in [0.15, 0.2) is 0 Å². The molecule has 0 aromatic carbocycles. The number of pyridine rings is 1. The Bertz CT molecular complexity index is 348. The first-order chi connectivity index (χ1) is 6.19. The van der Waals surface area contributed by atoms with Gasteiger partial charge in [-0.1, -0.05) is 11.6 Å². The van der Waals surface area contributed by atoms with Crippen LogP contribution >= 0.6 is 23.2 Å². The Morgan fingerprint density at radius 2 is 2.38 bits per heavy atom. The van der Waals surface area contributed by atoms with Crippen LogP contribution in [-0.4, -0.2) is 10.9 Å². The Morgan fingerprint density at radius 1 is 1.69 bits per heavy atom. The lowest BCUT2D eigenvalue weighted by Crippen LogP contribution is -2.03. The number of hydrogen-bond acceptors (Lipinski definition) is 2. The fourth-order valence-corrected chi connectivity index (χ4v) is 1.21. The molecule has 1 rings (SSSR count). The summed E-state index contributed by atoms with van der Waals surface area (Å²) in [4.78, 5) is 3.71. The molecule has 1 unspecified atom stereocenters. The van der Waals surface area contributed by atoms with E-state index in [0.29, 0.717) is 0 Å². The van der Waals surface area contributed by atoms with Crippen LogP contribution in [0.15, 0.2) is 12.3 Å². The molecular weight excluding hydrogens is 214 g/mol. The third-order valence-corrected chi connectivity index (χ3v) is 1.99. The summed E-state index contributed by atoms with van der Waals surface area (Å²) in [5.41, 5.74) is 0.0434. The van der Waals surface area contributed by atoms with Gasteiger partial charge in [0.2, 0.25) is 0 Å². The van der Waals surface area contributed by atoms with Crippen molar-refractivity contribution < 1.29 is 4.39 Å². The number of hydrogen-bond donors (Lipinski definition) is 0. The van der Waals surface area contributed by atoms with Crippen LogP contribution in [0.5, 0.6) is 0 Å². The van der Waals surface area contributed by atoms with E-state index in [-0.39, 0.29) is 16.6 Å². The van der Waals surface area contributed by atoms with Crippen molar-refractivity contribution in [3.05, 3.63) is 28.8 Å². The summed E-state index contributed by atoms with van der Waals surface area (Å²) >= 11 is 10.9. The minimum atomic E-state index is -0.723. The molecule has 0 radical (unpaired) electrons. The van der Waals surface area contributed by atoms with Crippen molar-refractivity contribution in [2.45, 2.75) is 5.92 Å². The van der Waals surface area contributed by atoms with Crippen molar-refractivity contribution in [1.29, 1.82) is 5.26 Å². The Balaban J connectivity index is 3.09. The van der Waals surface area contributed by atoms with Gasteiger partial charge in [-0.3, -0.25) is 4.98 Å². The molecule has 1 atom stereocenters. The van der Waals surface area contributed by atoms with Crippen molar-refractivity contribution >= 4 is 23.2 Å². The molecular formula is C8H5Cl2FN2. The molecule has 0 saturated heterocycles. The Kier molecular flexibility index (Phi) is 3.47. The second-order valence-corrected chi connectivity index (χ2v) is 3.10. The van der Waals surface area contributed by atoms with Crippen LogP contribution in [0.4, 0.5) is 4.39 Å². The molecule has 68 valence electrons. The van der Waals surface area contributed by atoms with Gasteiger partial charge in [0.1, 0.15) is 11.7 Å². The summed E-state index contributed by atoms with van der Waals surface area (Å²) in [5.74, 6) is -1.30. The zero-order chi connectivity index (χ0) is 9.84. The van der Waals surface area contributed by atoms with E-state index < -0.39 is 11.7 Å². The van der Waals surface area contributed by atoms with Crippen molar-refractivity contribution in [3.63, 3.8) is 0 Å². The summed E-state index contributed by atoms with van der Waals surface area (Å²) in [6, 6.07) is 2.96. The van der Waals surface area contributed by atoms with E-state index in [9.17, 15) is 4.39 Å². The van der Waals surface area contributed by atoms with Gasteiger partial charge in [0.05, 0.1) is 16.8 Å². The van der Waals surface area contributed by atoms with Gasteiger partial charge < -0.3 is 0 Å². The third-order valence-electron chi connectivity index (χ3n) is 1.48. The summed E-state index contributed by atoms with van der Waals surface area (Å²) in [6.07, 6.45) is 1.29. The summed E-state index contributed by atoms with van der Waals surface area (Å²) in [7, 11) is 0. The van der Waals surface area contributed by atoms with E-state index in [2.05, 4.69) is 4.98 Å². The monoisotopic (exact) mass is 218 g/mol. The number of halogens is 3. The highest BCUT2D eigenvalue weighted by Crippen LogP contribution is 2.20. The Morgan fingerprint density at radius 3 is 2.85 bits per heavy atom. The molecule has 0 spiro atoms. The minimum absolute atomic E-state index is 0.0159. The Labute approximate surface area is 84.9 Å². The molecule has 0 aliphatic heterocycles. The molecule has 0 amide bonds. The molecule has 1 heterocycles. The normalized spacial score (nSPS) is 12.2. The quantitative estimate of drug-likeness (QED) is 0.717. The minimum Gasteiger partial charge on any atom is -0.255 e. The standard InChI is InChI=1S/C8H5Cl2FN2/c9-2-5(3-12)8-7(11)1-6(10)4-13-8/h1,4-5H,2H2. The zero-order valence-corrected chi connectivity index (χ0v) is 7.98. The van der Waals surface area contributed by atoms with E-state index in [1.807, 2.05) is 6.07 Å². The first-order valence-corrected chi connectivity index (χ1v) is 4.36. The average Bonchev–Trinajstić information content (AvgIpc) is 2.10. The highest BCUT2D eigenvalue weighted by atomic mass is 35.5. The van der Waals surface area contributed by atoms with Crippen LogP contribution in [0.3, 0.4) is 0 Å². The molecule has 2 nitrogen and oxygen atoms in total. The van der Waals surface area contributed by atoms with Crippen molar-refractivity contribution in [2.75, 3.05) is 5.88 Å². The maximum Gasteiger partial charge on any atom is 0.147 e. The molecule has 0 bridgehead atoms. The average molecular weight is 219 g/mol. The topological polar surface area (TPSA) is 36.7 Å². The van der Waals surface area contributed by atoms with Crippen molar-refractivity contribution in [3.8, 4) is 6.07 Å². The van der Waals surface area contributed by atoms with E-state index in [1.165, 1.54) is 6.20 Å². The van der Waals surface area contributed by atoms with Gasteiger partial charge in [-0.2, -0.15) is 5.26 Å². The predicted molar refractivity (Wildman–Crippen MR) is 48.3 cm³/mol. The number of alkyl halides is 1. The number of rotatable bonds is 2. The first kappa shape index (κ1) is 10.2. The summed E-state index contributed by atoms with van der Waals surface area (Å²) in [6.45, 7) is 0. The van der Waals surface area contributed by atoms with Gasteiger partial charge in [-0.25, -0.2) is 4.39 Å². The smallest absolute Gasteiger partial charge is 0.147 e. The summed E-state index contributed by atoms with van der Waals surface area (Å²) in [5, 5.41) is 8.80. The lowest BCUT2D eigenvalue weighted by atomic mass is 10.1. The molecule has 0 saturated carbocycles. The highest BCUT2D eigenvalue weighted by Gasteiger charge is 2.15. The largest absolute Gasteiger partial charge is 0.255 e. The van der Waals surface area contributed by atoms with E-state index in [4.69, 9.17) is 28.5 Å². The van der Waals surface area contributed by atoms with Gasteiger partial charge in [-0.05, 0) is 6.07 Å². The lowest BCUT2D eigenvalue weighted by Gasteiger charge is -2.04. The van der Waals surface area contributed by atoms with Crippen molar-refractivity contribution in [2.24, 2.45) is 0 Å². The number of nitrogens with zero attached hydrogens (tertiary/aromatic N) is 2. The van der Waals surface area contributed by atoms with Gasteiger partial charge in [0.25, 0.3) is 0 Å². The SMILES string of the molecule is N#CC(CCl)c1ncc(Cl)cc1F. The maximum absolute atomic E-state index is 13.1. The third kappa shape index (κ3) is 2.30. The number of aromatic nitrogens is 1. The van der Waals surface area contributed by atoms with Crippen molar-refractivity contribution in [1.82, 2.24) is 4.98 Å². The highest BCUT2D eigenvalue weighted by molar-refractivity contribution is 6.30. The molecule has 0 aliphatic rings. The first-order valence-electron chi connectivity index (χ1n) is 3.45. The zero-order valence-electron chi connectivity index (χ0n) is 6.47. The van der Waals surface area contributed by atoms with E-state index in [0.717, 1.165) is 6.07 Å². The lowest BCUT2D eigenvalue weighted by molar-refractivity contribution is 0.595. The van der Waals surface area contributed by atoms with Crippen LogP contribution in [0.2, 0.25) is 5.02 Å². The second kappa shape index (κ2) is 4.40. The fraction of sp³-hybridized carbons (Fsp3) is 0.250. The van der Waals surface area contributed by atoms with Crippen LogP contribution in [0, 0.1) is 17.1 Å². The van der Waals surface area contributed by atoms with Crippen LogP contribution in [0.1, 0.15) is 11.6 Å². The summed E-state index contributed by atoms with van der Waals surface area (Å²) < 4.78 is 13.1. The van der Waals surface area contributed by atoms with Gasteiger partial charge >= 0.3 is 0 Å². The molecule has 13 heavy (non-hydrogen) atoms. The van der Waals surface area contributed by atoms with Crippen LogP contribution in [-0.2, 0) is 0 Å². The molecule has 1 aromatic rings. The second-order valence-electron chi connectivity index (χ2n) is 2.36. The predicted octanol–water partition coefficient (Wildman–Crippen LogP) is 2.72. The van der Waals surface area contributed by atoms with Crippen LogP contribution < -0.4 is 0 Å². The maximum atomic E-state index is 13.1. The Hall–Kier alpha value is -0.850. The molecule has 5 heteroatoms.